The molecule has 19 heavy (non-hydrogen) atoms. The number of nitrogens with zero attached hydrogens (tertiary/aromatic N) is 1. The van der Waals surface area contributed by atoms with Crippen molar-refractivity contribution in [2.45, 2.75) is 6.42 Å². The van der Waals surface area contributed by atoms with E-state index >= 15 is 0 Å². The molecule has 5 heteroatoms. The van der Waals surface area contributed by atoms with Gasteiger partial charge in [-0.05, 0) is 32.3 Å². The largest absolute Gasteiger partial charge is 0.490 e. The second-order valence-electron chi connectivity index (χ2n) is 4.77. The Bertz CT molecular complexity index is 446. The SMILES string of the molecule is CN(C)CCNC(=O)c1ccc2c(c1)OCCCO2. The van der Waals surface area contributed by atoms with E-state index < -0.39 is 0 Å². The van der Waals surface area contributed by atoms with E-state index in [2.05, 4.69) is 5.32 Å². The van der Waals surface area contributed by atoms with Crippen molar-refractivity contribution in [1.82, 2.24) is 10.2 Å². The predicted molar refractivity (Wildman–Crippen MR) is 72.9 cm³/mol. The van der Waals surface area contributed by atoms with E-state index in [0.29, 0.717) is 36.8 Å². The van der Waals surface area contributed by atoms with Crippen LogP contribution in [0.3, 0.4) is 0 Å². The van der Waals surface area contributed by atoms with Gasteiger partial charge in [-0.3, -0.25) is 4.79 Å². The Hall–Kier alpha value is -1.75. The van der Waals surface area contributed by atoms with Crippen molar-refractivity contribution in [3.05, 3.63) is 23.8 Å². The molecule has 0 atom stereocenters. The second kappa shape index (κ2) is 6.43. The molecule has 1 aliphatic rings. The third-order valence-electron chi connectivity index (χ3n) is 2.85. The fourth-order valence-electron chi connectivity index (χ4n) is 1.80. The van der Waals surface area contributed by atoms with Gasteiger partial charge in [0, 0.05) is 25.1 Å². The van der Waals surface area contributed by atoms with Crippen molar-refractivity contribution in [1.29, 1.82) is 0 Å². The molecule has 0 saturated carbocycles. The number of hydrogen-bond donors (Lipinski definition) is 1. The third-order valence-corrected chi connectivity index (χ3v) is 2.85. The minimum atomic E-state index is -0.0857. The van der Waals surface area contributed by atoms with Crippen LogP contribution in [0, 0.1) is 0 Å². The molecule has 0 saturated heterocycles. The Balaban J connectivity index is 2.00. The topological polar surface area (TPSA) is 50.8 Å². The average molecular weight is 264 g/mol. The molecule has 1 aromatic carbocycles. The Morgan fingerprint density at radius 3 is 2.74 bits per heavy atom. The maximum Gasteiger partial charge on any atom is 0.251 e. The summed E-state index contributed by atoms with van der Waals surface area (Å²) in [6.07, 6.45) is 0.860. The van der Waals surface area contributed by atoms with Crippen LogP contribution in [-0.4, -0.2) is 51.2 Å². The number of likely N-dealkylation sites (N-methyl/N-ethyl adjacent to an activating group) is 1. The smallest absolute Gasteiger partial charge is 0.251 e. The summed E-state index contributed by atoms with van der Waals surface area (Å²) in [5.41, 5.74) is 0.600. The van der Waals surface area contributed by atoms with Gasteiger partial charge in [0.2, 0.25) is 0 Å². The van der Waals surface area contributed by atoms with Gasteiger partial charge in [-0.25, -0.2) is 0 Å². The van der Waals surface area contributed by atoms with Gasteiger partial charge in [0.15, 0.2) is 11.5 Å². The molecule has 0 aliphatic carbocycles. The van der Waals surface area contributed by atoms with E-state index in [-0.39, 0.29) is 5.91 Å². The standard InChI is InChI=1S/C14H20N2O3/c1-16(2)7-6-15-14(17)11-4-5-12-13(10-11)19-9-3-8-18-12/h4-5,10H,3,6-9H2,1-2H3,(H,15,17). The maximum absolute atomic E-state index is 12.0. The van der Waals surface area contributed by atoms with Crippen molar-refractivity contribution < 1.29 is 14.3 Å². The predicted octanol–water partition coefficient (Wildman–Crippen LogP) is 1.14. The fraction of sp³-hybridized carbons (Fsp3) is 0.500. The van der Waals surface area contributed by atoms with Gasteiger partial charge >= 0.3 is 0 Å². The summed E-state index contributed by atoms with van der Waals surface area (Å²) in [5, 5.41) is 2.88. The maximum atomic E-state index is 12.0. The van der Waals surface area contributed by atoms with Gasteiger partial charge in [-0.2, -0.15) is 0 Å². The van der Waals surface area contributed by atoms with E-state index in [0.717, 1.165) is 13.0 Å². The monoisotopic (exact) mass is 264 g/mol. The van der Waals surface area contributed by atoms with E-state index in [1.165, 1.54) is 0 Å². The number of rotatable bonds is 4. The molecular formula is C14H20N2O3. The van der Waals surface area contributed by atoms with E-state index in [1.54, 1.807) is 18.2 Å². The summed E-state index contributed by atoms with van der Waals surface area (Å²) in [6, 6.07) is 5.30. The zero-order chi connectivity index (χ0) is 13.7. The molecule has 5 nitrogen and oxygen atoms in total. The van der Waals surface area contributed by atoms with Crippen molar-refractivity contribution in [2.24, 2.45) is 0 Å². The molecule has 0 aromatic heterocycles. The Morgan fingerprint density at radius 2 is 2.00 bits per heavy atom. The fourth-order valence-corrected chi connectivity index (χ4v) is 1.80. The molecule has 0 unspecified atom stereocenters. The third kappa shape index (κ3) is 3.86. The Kier molecular flexibility index (Phi) is 4.63. The highest BCUT2D eigenvalue weighted by Gasteiger charge is 2.13. The minimum Gasteiger partial charge on any atom is -0.490 e. The van der Waals surface area contributed by atoms with Crippen molar-refractivity contribution in [3.8, 4) is 11.5 Å². The summed E-state index contributed by atoms with van der Waals surface area (Å²) in [7, 11) is 3.94. The molecule has 1 aliphatic heterocycles. The van der Waals surface area contributed by atoms with Crippen LogP contribution in [0.4, 0.5) is 0 Å². The van der Waals surface area contributed by atoms with E-state index in [9.17, 15) is 4.79 Å². The number of fused-ring (bicyclic) bond motifs is 1. The van der Waals surface area contributed by atoms with Crippen LogP contribution < -0.4 is 14.8 Å². The van der Waals surface area contributed by atoms with Crippen molar-refractivity contribution >= 4 is 5.91 Å². The highest BCUT2D eigenvalue weighted by molar-refractivity contribution is 5.94. The zero-order valence-corrected chi connectivity index (χ0v) is 11.4. The first-order chi connectivity index (χ1) is 9.16. The summed E-state index contributed by atoms with van der Waals surface area (Å²) < 4.78 is 11.1. The van der Waals surface area contributed by atoms with Gasteiger partial charge in [-0.1, -0.05) is 0 Å². The van der Waals surface area contributed by atoms with Crippen LogP contribution in [0.2, 0.25) is 0 Å². The lowest BCUT2D eigenvalue weighted by molar-refractivity contribution is 0.0950. The average Bonchev–Trinajstić information content (AvgIpc) is 2.62. The first-order valence-corrected chi connectivity index (χ1v) is 6.49. The molecule has 1 aromatic rings. The van der Waals surface area contributed by atoms with Gasteiger partial charge in [-0.15, -0.1) is 0 Å². The quantitative estimate of drug-likeness (QED) is 0.886. The number of carbonyl (C=O) groups excluding carboxylic acids is 1. The van der Waals surface area contributed by atoms with Crippen LogP contribution in [0.5, 0.6) is 11.5 Å². The van der Waals surface area contributed by atoms with Crippen LogP contribution in [0.1, 0.15) is 16.8 Å². The molecule has 1 N–H and O–H groups in total. The number of ether oxygens (including phenoxy) is 2. The Labute approximate surface area is 113 Å². The number of carbonyl (C=O) groups is 1. The van der Waals surface area contributed by atoms with Gasteiger partial charge in [0.05, 0.1) is 13.2 Å². The molecule has 104 valence electrons. The molecule has 2 rings (SSSR count). The van der Waals surface area contributed by atoms with Crippen LogP contribution in [0.15, 0.2) is 18.2 Å². The highest BCUT2D eigenvalue weighted by Crippen LogP contribution is 2.30. The molecule has 1 heterocycles. The molecule has 1 amide bonds. The summed E-state index contributed by atoms with van der Waals surface area (Å²) in [6.45, 7) is 2.72. The van der Waals surface area contributed by atoms with E-state index in [1.807, 2.05) is 19.0 Å². The van der Waals surface area contributed by atoms with Gasteiger partial charge in [0.25, 0.3) is 5.91 Å². The summed E-state index contributed by atoms with van der Waals surface area (Å²) >= 11 is 0. The van der Waals surface area contributed by atoms with Gasteiger partial charge in [0.1, 0.15) is 0 Å². The second-order valence-corrected chi connectivity index (χ2v) is 4.77. The van der Waals surface area contributed by atoms with Crippen LogP contribution >= 0.6 is 0 Å². The lowest BCUT2D eigenvalue weighted by atomic mass is 10.2. The van der Waals surface area contributed by atoms with Gasteiger partial charge < -0.3 is 19.7 Å². The van der Waals surface area contributed by atoms with Crippen molar-refractivity contribution in [3.63, 3.8) is 0 Å². The molecular weight excluding hydrogens is 244 g/mol. The first kappa shape index (κ1) is 13.7. The summed E-state index contributed by atoms with van der Waals surface area (Å²) in [5.74, 6) is 1.28. The van der Waals surface area contributed by atoms with Crippen molar-refractivity contribution in [2.75, 3.05) is 40.4 Å². The molecule has 0 fully saturated rings. The lowest BCUT2D eigenvalue weighted by Crippen LogP contribution is -2.31. The lowest BCUT2D eigenvalue weighted by Gasteiger charge is -2.12. The number of benzene rings is 1. The zero-order valence-electron chi connectivity index (χ0n) is 11.4. The number of hydrogen-bond acceptors (Lipinski definition) is 4. The molecule has 0 bridgehead atoms. The molecule has 0 radical (unpaired) electrons. The van der Waals surface area contributed by atoms with Crippen LogP contribution in [-0.2, 0) is 0 Å². The normalized spacial score (nSPS) is 14.1. The highest BCUT2D eigenvalue weighted by atomic mass is 16.5. The summed E-state index contributed by atoms with van der Waals surface area (Å²) in [4.78, 5) is 14.0. The Morgan fingerprint density at radius 1 is 1.26 bits per heavy atom. The van der Waals surface area contributed by atoms with E-state index in [4.69, 9.17) is 9.47 Å². The number of nitrogens with one attached hydrogen (secondary N) is 1. The van der Waals surface area contributed by atoms with Crippen LogP contribution in [0.25, 0.3) is 0 Å². The molecule has 0 spiro atoms. The number of amides is 1. The first-order valence-electron chi connectivity index (χ1n) is 6.49. The minimum absolute atomic E-state index is 0.0857.